The van der Waals surface area contributed by atoms with Gasteiger partial charge in [-0.1, -0.05) is 0 Å². The summed E-state index contributed by atoms with van der Waals surface area (Å²) in [7, 11) is 0. The molecule has 0 unspecified atom stereocenters. The van der Waals surface area contributed by atoms with Crippen LogP contribution < -0.4 is 5.32 Å². The molecule has 2 aromatic heterocycles. The van der Waals surface area contributed by atoms with Gasteiger partial charge < -0.3 is 14.3 Å². The van der Waals surface area contributed by atoms with Crippen LogP contribution in [0.5, 0.6) is 0 Å². The molecule has 0 aliphatic carbocycles. The predicted molar refractivity (Wildman–Crippen MR) is 91.6 cm³/mol. The van der Waals surface area contributed by atoms with Gasteiger partial charge >= 0.3 is 0 Å². The van der Waals surface area contributed by atoms with E-state index in [2.05, 4.69) is 10.3 Å². The summed E-state index contributed by atoms with van der Waals surface area (Å²) in [4.78, 5) is 28.4. The molecule has 6 nitrogen and oxygen atoms in total. The summed E-state index contributed by atoms with van der Waals surface area (Å²) in [5.74, 6) is -0.345. The first kappa shape index (κ1) is 19.0. The summed E-state index contributed by atoms with van der Waals surface area (Å²) in [6, 6.07) is 3.33. The second-order valence-electron chi connectivity index (χ2n) is 5.55. The first-order valence-electron chi connectivity index (χ1n) is 7.39. The molecule has 2 heterocycles. The van der Waals surface area contributed by atoms with E-state index in [0.29, 0.717) is 18.7 Å². The van der Waals surface area contributed by atoms with Crippen molar-refractivity contribution in [1.29, 1.82) is 0 Å². The summed E-state index contributed by atoms with van der Waals surface area (Å²) in [6.45, 7) is 4.44. The maximum atomic E-state index is 12.3. The van der Waals surface area contributed by atoms with Gasteiger partial charge in [0.2, 0.25) is 5.91 Å². The molecule has 0 radical (unpaired) electrons. The lowest BCUT2D eigenvalue weighted by Crippen LogP contribution is -2.37. The summed E-state index contributed by atoms with van der Waals surface area (Å²) in [5, 5.41) is 2.88. The molecule has 0 aliphatic heterocycles. The quantitative estimate of drug-likeness (QED) is 0.750. The molecule has 0 bridgehead atoms. The number of imidazole rings is 1. The van der Waals surface area contributed by atoms with Crippen LogP contribution in [-0.4, -0.2) is 27.3 Å². The van der Waals surface area contributed by atoms with Gasteiger partial charge in [-0.3, -0.25) is 9.59 Å². The smallest absolute Gasteiger partial charge is 0.223 e. The number of ketones is 1. The lowest BCUT2D eigenvalue weighted by Gasteiger charge is -2.18. The Bertz CT molecular complexity index is 594. The fourth-order valence-electron chi connectivity index (χ4n) is 2.21. The van der Waals surface area contributed by atoms with Crippen LogP contribution >= 0.6 is 13.5 Å². The minimum atomic E-state index is -0.387. The van der Waals surface area contributed by atoms with Crippen LogP contribution in [0.1, 0.15) is 37.2 Å². The highest BCUT2D eigenvalue weighted by Gasteiger charge is 2.24. The van der Waals surface area contributed by atoms with Gasteiger partial charge in [-0.25, -0.2) is 4.98 Å². The van der Waals surface area contributed by atoms with Crippen molar-refractivity contribution in [3.05, 3.63) is 42.9 Å². The Kier molecular flexibility index (Phi) is 7.61. The van der Waals surface area contributed by atoms with Crippen molar-refractivity contribution < 1.29 is 14.0 Å². The van der Waals surface area contributed by atoms with Crippen LogP contribution in [-0.2, 0) is 11.3 Å². The number of carbonyl (C=O) groups excluding carboxylic acids is 2. The van der Waals surface area contributed by atoms with Crippen LogP contribution in [0, 0.1) is 5.92 Å². The van der Waals surface area contributed by atoms with Crippen molar-refractivity contribution in [2.24, 2.45) is 5.92 Å². The normalized spacial score (nSPS) is 11.8. The van der Waals surface area contributed by atoms with Crippen LogP contribution in [0.25, 0.3) is 0 Å². The third kappa shape index (κ3) is 5.94. The second kappa shape index (κ2) is 9.19. The lowest BCUT2D eigenvalue weighted by molar-refractivity contribution is -0.125. The monoisotopic (exact) mass is 337 g/mol. The van der Waals surface area contributed by atoms with E-state index in [1.54, 1.807) is 24.7 Å². The molecule has 7 heteroatoms. The molecular formula is C16H23N3O3S. The molecule has 0 spiro atoms. The molecule has 0 saturated carbocycles. The fourth-order valence-corrected chi connectivity index (χ4v) is 2.21. The molecule has 0 aromatic carbocycles. The lowest BCUT2D eigenvalue weighted by atomic mass is 9.96. The van der Waals surface area contributed by atoms with Gasteiger partial charge in [0, 0.05) is 37.3 Å². The van der Waals surface area contributed by atoms with Crippen molar-refractivity contribution in [2.45, 2.75) is 39.3 Å². The van der Waals surface area contributed by atoms with Crippen LogP contribution in [0.15, 0.2) is 41.5 Å². The Morgan fingerprint density at radius 1 is 1.39 bits per heavy atom. The largest absolute Gasteiger partial charge is 0.461 e. The zero-order chi connectivity index (χ0) is 15.9. The van der Waals surface area contributed by atoms with E-state index in [9.17, 15) is 9.59 Å². The molecule has 0 fully saturated rings. The molecular weight excluding hydrogens is 314 g/mol. The summed E-state index contributed by atoms with van der Waals surface area (Å²) in [6.07, 6.45) is 7.40. The number of nitrogens with zero attached hydrogens (tertiary/aromatic N) is 2. The van der Waals surface area contributed by atoms with E-state index in [-0.39, 0.29) is 43.6 Å². The number of furan rings is 1. The van der Waals surface area contributed by atoms with E-state index in [1.165, 1.54) is 6.26 Å². The number of Topliss-reactive ketones (excluding diaryl/α,β-unsaturated/α-hetero) is 1. The van der Waals surface area contributed by atoms with Gasteiger partial charge in [-0.2, -0.15) is 13.5 Å². The number of rotatable bonds is 8. The van der Waals surface area contributed by atoms with Gasteiger partial charge in [-0.15, -0.1) is 0 Å². The molecule has 126 valence electrons. The van der Waals surface area contributed by atoms with Crippen molar-refractivity contribution in [3.63, 3.8) is 0 Å². The Morgan fingerprint density at radius 2 is 2.17 bits per heavy atom. The second-order valence-corrected chi connectivity index (χ2v) is 5.55. The molecule has 2 rings (SSSR count). The van der Waals surface area contributed by atoms with Crippen molar-refractivity contribution in [3.8, 4) is 0 Å². The highest BCUT2D eigenvalue weighted by Crippen LogP contribution is 2.16. The number of carbonyl (C=O) groups is 2. The standard InChI is InChI=1S/C16H21N3O3.H2S/c1-12(2)18-16(21)13(5-7-19-8-6-17-11-19)10-14(20)15-4-3-9-22-15;/h3-4,6,8-9,11-13H,5,7,10H2,1-2H3,(H,18,21);1H2/t13-;/m1./s1. The Hall–Kier alpha value is -2.02. The average molecular weight is 337 g/mol. The minimum absolute atomic E-state index is 0. The number of nitrogens with one attached hydrogen (secondary N) is 1. The van der Waals surface area contributed by atoms with Crippen LogP contribution in [0.3, 0.4) is 0 Å². The highest BCUT2D eigenvalue weighted by molar-refractivity contribution is 7.59. The van der Waals surface area contributed by atoms with Crippen LogP contribution in [0.2, 0.25) is 0 Å². The number of aromatic nitrogens is 2. The van der Waals surface area contributed by atoms with E-state index in [1.807, 2.05) is 24.6 Å². The van der Waals surface area contributed by atoms with E-state index >= 15 is 0 Å². The molecule has 2 aromatic rings. The zero-order valence-electron chi connectivity index (χ0n) is 13.4. The molecule has 1 atom stereocenters. The van der Waals surface area contributed by atoms with Gasteiger partial charge in [0.05, 0.1) is 12.6 Å². The van der Waals surface area contributed by atoms with Gasteiger partial charge in [0.1, 0.15) is 0 Å². The molecule has 1 amide bonds. The summed E-state index contributed by atoms with van der Waals surface area (Å²) >= 11 is 0. The van der Waals surface area contributed by atoms with E-state index in [0.717, 1.165) is 0 Å². The zero-order valence-corrected chi connectivity index (χ0v) is 14.4. The minimum Gasteiger partial charge on any atom is -0.461 e. The first-order valence-corrected chi connectivity index (χ1v) is 7.39. The summed E-state index contributed by atoms with van der Waals surface area (Å²) in [5.41, 5.74) is 0. The maximum absolute atomic E-state index is 12.3. The van der Waals surface area contributed by atoms with Crippen molar-refractivity contribution in [1.82, 2.24) is 14.9 Å². The number of hydrogen-bond donors (Lipinski definition) is 1. The third-order valence-electron chi connectivity index (χ3n) is 3.32. The SMILES string of the molecule is CC(C)NC(=O)[C@H](CCn1ccnc1)CC(=O)c1ccco1.S. The summed E-state index contributed by atoms with van der Waals surface area (Å²) < 4.78 is 7.01. The Labute approximate surface area is 142 Å². The predicted octanol–water partition coefficient (Wildman–Crippen LogP) is 2.39. The van der Waals surface area contributed by atoms with Gasteiger partial charge in [0.15, 0.2) is 11.5 Å². The highest BCUT2D eigenvalue weighted by atomic mass is 32.1. The first-order chi connectivity index (χ1) is 10.6. The number of aryl methyl sites for hydroxylation is 1. The van der Waals surface area contributed by atoms with Crippen molar-refractivity contribution in [2.75, 3.05) is 0 Å². The fraction of sp³-hybridized carbons (Fsp3) is 0.438. The Balaban J connectivity index is 0.00000264. The maximum Gasteiger partial charge on any atom is 0.223 e. The average Bonchev–Trinajstić information content (AvgIpc) is 3.14. The Morgan fingerprint density at radius 3 is 2.74 bits per heavy atom. The number of hydrogen-bond acceptors (Lipinski definition) is 4. The van der Waals surface area contributed by atoms with E-state index in [4.69, 9.17) is 4.42 Å². The van der Waals surface area contributed by atoms with Gasteiger partial charge in [-0.05, 0) is 32.4 Å². The molecule has 23 heavy (non-hydrogen) atoms. The molecule has 0 saturated heterocycles. The number of amides is 1. The van der Waals surface area contributed by atoms with E-state index < -0.39 is 0 Å². The molecule has 1 N–H and O–H groups in total. The van der Waals surface area contributed by atoms with Crippen molar-refractivity contribution >= 4 is 25.2 Å². The third-order valence-corrected chi connectivity index (χ3v) is 3.32. The topological polar surface area (TPSA) is 77.1 Å². The molecule has 0 aliphatic rings. The van der Waals surface area contributed by atoms with Gasteiger partial charge in [0.25, 0.3) is 0 Å². The van der Waals surface area contributed by atoms with Crippen LogP contribution in [0.4, 0.5) is 0 Å².